The standard InChI is InChI=1S/C20H40N2O2/c1-18(2,21-13-15-24-16-14-21)17-20(5,22-11-7-8-12-22)10-9-19(3,4)23-6/h7-17H2,1-6H3. The van der Waals surface area contributed by atoms with E-state index in [1.54, 1.807) is 0 Å². The van der Waals surface area contributed by atoms with Crippen molar-refractivity contribution in [1.29, 1.82) is 0 Å². The first-order chi connectivity index (χ1) is 11.2. The largest absolute Gasteiger partial charge is 0.379 e. The van der Waals surface area contributed by atoms with Crippen LogP contribution < -0.4 is 0 Å². The van der Waals surface area contributed by atoms with Gasteiger partial charge < -0.3 is 9.47 Å². The molecule has 2 saturated heterocycles. The summed E-state index contributed by atoms with van der Waals surface area (Å²) in [4.78, 5) is 5.38. The van der Waals surface area contributed by atoms with Crippen LogP contribution in [0.4, 0.5) is 0 Å². The van der Waals surface area contributed by atoms with Crippen molar-refractivity contribution in [3.05, 3.63) is 0 Å². The van der Waals surface area contributed by atoms with Crippen molar-refractivity contribution in [3.8, 4) is 0 Å². The second-order valence-corrected chi connectivity index (χ2v) is 9.24. The zero-order valence-electron chi connectivity index (χ0n) is 17.0. The molecule has 0 amide bonds. The smallest absolute Gasteiger partial charge is 0.0623 e. The van der Waals surface area contributed by atoms with Crippen LogP contribution in [0.5, 0.6) is 0 Å². The molecule has 0 bridgehead atoms. The topological polar surface area (TPSA) is 24.9 Å². The molecule has 0 radical (unpaired) electrons. The summed E-state index contributed by atoms with van der Waals surface area (Å²) in [6.45, 7) is 18.1. The predicted molar refractivity (Wildman–Crippen MR) is 101 cm³/mol. The molecular formula is C20H40N2O2. The van der Waals surface area contributed by atoms with Gasteiger partial charge in [0.25, 0.3) is 0 Å². The zero-order valence-corrected chi connectivity index (χ0v) is 17.0. The quantitative estimate of drug-likeness (QED) is 0.675. The lowest BCUT2D eigenvalue weighted by atomic mass is 9.78. The van der Waals surface area contributed by atoms with Gasteiger partial charge in [-0.15, -0.1) is 0 Å². The molecule has 24 heavy (non-hydrogen) atoms. The molecule has 0 aromatic carbocycles. The van der Waals surface area contributed by atoms with Gasteiger partial charge in [0.05, 0.1) is 18.8 Å². The molecule has 2 fully saturated rings. The number of ether oxygens (including phenoxy) is 2. The Morgan fingerprint density at radius 2 is 1.42 bits per heavy atom. The Kier molecular flexibility index (Phi) is 6.74. The third kappa shape index (κ3) is 5.17. The van der Waals surface area contributed by atoms with Crippen molar-refractivity contribution in [2.45, 2.75) is 83.4 Å². The first-order valence-electron chi connectivity index (χ1n) is 9.82. The maximum atomic E-state index is 5.70. The van der Waals surface area contributed by atoms with E-state index < -0.39 is 0 Å². The van der Waals surface area contributed by atoms with Crippen LogP contribution in [0.25, 0.3) is 0 Å². The lowest BCUT2D eigenvalue weighted by Gasteiger charge is -2.49. The van der Waals surface area contributed by atoms with E-state index in [1.807, 2.05) is 7.11 Å². The molecule has 2 aliphatic heterocycles. The first-order valence-corrected chi connectivity index (χ1v) is 9.82. The normalized spacial score (nSPS) is 24.2. The number of nitrogens with zero attached hydrogens (tertiary/aromatic N) is 2. The number of likely N-dealkylation sites (tertiary alicyclic amines) is 1. The first kappa shape index (κ1) is 20.2. The van der Waals surface area contributed by atoms with Crippen LogP contribution in [0.1, 0.15) is 66.7 Å². The Labute approximate surface area is 149 Å². The van der Waals surface area contributed by atoms with E-state index in [9.17, 15) is 0 Å². The fourth-order valence-electron chi connectivity index (χ4n) is 4.50. The molecule has 0 aliphatic carbocycles. The van der Waals surface area contributed by atoms with E-state index in [4.69, 9.17) is 9.47 Å². The van der Waals surface area contributed by atoms with Crippen molar-refractivity contribution in [1.82, 2.24) is 9.80 Å². The van der Waals surface area contributed by atoms with Gasteiger partial charge in [-0.05, 0) is 79.8 Å². The van der Waals surface area contributed by atoms with E-state index in [2.05, 4.69) is 44.4 Å². The lowest BCUT2D eigenvalue weighted by molar-refractivity contribution is -0.0438. The number of hydrogen-bond donors (Lipinski definition) is 0. The van der Waals surface area contributed by atoms with Crippen LogP contribution >= 0.6 is 0 Å². The fourth-order valence-corrected chi connectivity index (χ4v) is 4.50. The summed E-state index contributed by atoms with van der Waals surface area (Å²) in [5, 5.41) is 0. The molecule has 1 unspecified atom stereocenters. The second kappa shape index (κ2) is 8.03. The average Bonchev–Trinajstić information content (AvgIpc) is 3.09. The molecular weight excluding hydrogens is 300 g/mol. The SMILES string of the molecule is COC(C)(C)CCC(C)(CC(C)(C)N1CCOCC1)N1CCCC1. The summed E-state index contributed by atoms with van der Waals surface area (Å²) in [5.41, 5.74) is 0.413. The maximum absolute atomic E-state index is 5.70. The van der Waals surface area contributed by atoms with Crippen LogP contribution in [-0.4, -0.2) is 73.0 Å². The van der Waals surface area contributed by atoms with E-state index in [0.717, 1.165) is 32.7 Å². The van der Waals surface area contributed by atoms with E-state index in [1.165, 1.54) is 38.8 Å². The summed E-state index contributed by atoms with van der Waals surface area (Å²) in [6, 6.07) is 0. The van der Waals surface area contributed by atoms with Gasteiger partial charge in [-0.25, -0.2) is 0 Å². The maximum Gasteiger partial charge on any atom is 0.0623 e. The molecule has 2 aliphatic rings. The third-order valence-electron chi connectivity index (χ3n) is 6.37. The summed E-state index contributed by atoms with van der Waals surface area (Å²) in [7, 11) is 1.84. The summed E-state index contributed by atoms with van der Waals surface area (Å²) in [6.07, 6.45) is 6.21. The van der Waals surface area contributed by atoms with Gasteiger partial charge in [-0.2, -0.15) is 0 Å². The van der Waals surface area contributed by atoms with Gasteiger partial charge in [-0.1, -0.05) is 0 Å². The highest BCUT2D eigenvalue weighted by atomic mass is 16.5. The Bertz CT molecular complexity index is 385. The number of methoxy groups -OCH3 is 1. The van der Waals surface area contributed by atoms with Crippen molar-refractivity contribution in [3.63, 3.8) is 0 Å². The highest BCUT2D eigenvalue weighted by Gasteiger charge is 2.41. The Morgan fingerprint density at radius 1 is 0.833 bits per heavy atom. The van der Waals surface area contributed by atoms with Gasteiger partial charge in [0.15, 0.2) is 0 Å². The molecule has 0 saturated carbocycles. The molecule has 0 aromatic rings. The molecule has 4 nitrogen and oxygen atoms in total. The summed E-state index contributed by atoms with van der Waals surface area (Å²) in [5.74, 6) is 0. The van der Waals surface area contributed by atoms with Crippen LogP contribution in [-0.2, 0) is 9.47 Å². The van der Waals surface area contributed by atoms with Crippen molar-refractivity contribution in [2.75, 3.05) is 46.5 Å². The summed E-state index contributed by atoms with van der Waals surface area (Å²) >= 11 is 0. The van der Waals surface area contributed by atoms with Gasteiger partial charge in [0, 0.05) is 31.3 Å². The van der Waals surface area contributed by atoms with E-state index in [0.29, 0.717) is 0 Å². The minimum atomic E-state index is -0.0376. The van der Waals surface area contributed by atoms with Crippen molar-refractivity contribution in [2.24, 2.45) is 0 Å². The van der Waals surface area contributed by atoms with Gasteiger partial charge >= 0.3 is 0 Å². The average molecular weight is 341 g/mol. The third-order valence-corrected chi connectivity index (χ3v) is 6.37. The minimum Gasteiger partial charge on any atom is -0.379 e. The molecule has 0 N–H and O–H groups in total. The minimum absolute atomic E-state index is 0.0376. The number of rotatable bonds is 8. The molecule has 142 valence electrons. The van der Waals surface area contributed by atoms with Crippen LogP contribution in [0.15, 0.2) is 0 Å². The number of morpholine rings is 1. The zero-order chi connectivity index (χ0) is 17.8. The fraction of sp³-hybridized carbons (Fsp3) is 1.00. The van der Waals surface area contributed by atoms with E-state index >= 15 is 0 Å². The monoisotopic (exact) mass is 340 g/mol. The van der Waals surface area contributed by atoms with Gasteiger partial charge in [-0.3, -0.25) is 9.80 Å². The predicted octanol–water partition coefficient (Wildman–Crippen LogP) is 3.55. The highest BCUT2D eigenvalue weighted by molar-refractivity contribution is 4.98. The molecule has 2 heterocycles. The summed E-state index contributed by atoms with van der Waals surface area (Å²) < 4.78 is 11.3. The molecule has 2 rings (SSSR count). The second-order valence-electron chi connectivity index (χ2n) is 9.24. The van der Waals surface area contributed by atoms with Crippen molar-refractivity contribution >= 4 is 0 Å². The number of hydrogen-bond acceptors (Lipinski definition) is 4. The molecule has 4 heteroatoms. The molecule has 0 aromatic heterocycles. The van der Waals surface area contributed by atoms with Crippen LogP contribution in [0.3, 0.4) is 0 Å². The Hall–Kier alpha value is -0.160. The molecule has 0 spiro atoms. The Morgan fingerprint density at radius 3 is 1.96 bits per heavy atom. The van der Waals surface area contributed by atoms with Crippen LogP contribution in [0, 0.1) is 0 Å². The lowest BCUT2D eigenvalue weighted by Crippen LogP contribution is -2.57. The van der Waals surface area contributed by atoms with Crippen LogP contribution in [0.2, 0.25) is 0 Å². The highest BCUT2D eigenvalue weighted by Crippen LogP contribution is 2.37. The van der Waals surface area contributed by atoms with Gasteiger partial charge in [0.1, 0.15) is 0 Å². The molecule has 1 atom stereocenters. The Balaban J connectivity index is 2.09. The van der Waals surface area contributed by atoms with E-state index in [-0.39, 0.29) is 16.7 Å². The van der Waals surface area contributed by atoms with Gasteiger partial charge in [0.2, 0.25) is 0 Å². The van der Waals surface area contributed by atoms with Crippen molar-refractivity contribution < 1.29 is 9.47 Å².